The molecule has 9 nitrogen and oxygen atoms in total. The van der Waals surface area contributed by atoms with Gasteiger partial charge in [-0.2, -0.15) is 13.9 Å². The summed E-state index contributed by atoms with van der Waals surface area (Å²) >= 11 is 0. The molecule has 0 atom stereocenters. The highest BCUT2D eigenvalue weighted by Crippen LogP contribution is 2.37. The molecular weight excluding hydrogens is 526 g/mol. The molecule has 216 valence electrons. The van der Waals surface area contributed by atoms with Crippen LogP contribution in [0.15, 0.2) is 54.9 Å². The average molecular weight is 563 g/mol. The maximum atomic E-state index is 12.8. The van der Waals surface area contributed by atoms with E-state index in [1.807, 2.05) is 24.3 Å². The first-order chi connectivity index (χ1) is 20.0. The van der Waals surface area contributed by atoms with Gasteiger partial charge < -0.3 is 20.7 Å². The molecule has 1 saturated carbocycles. The molecule has 41 heavy (non-hydrogen) atoms. The van der Waals surface area contributed by atoms with Gasteiger partial charge in [0, 0.05) is 55.6 Å². The SMILES string of the molecule is CN1CCN([C@H]2CC[C@@H](n3nc(-c4ccc(NCc5ccccc5OC(F)F)cc4)c4c(N)ncnc43)CC2)CC1. The number of para-hydroxylation sites is 1. The van der Waals surface area contributed by atoms with Gasteiger partial charge in [0.05, 0.1) is 11.4 Å². The van der Waals surface area contributed by atoms with E-state index in [4.69, 9.17) is 10.8 Å². The molecule has 2 aliphatic rings. The highest BCUT2D eigenvalue weighted by molar-refractivity contribution is 5.98. The van der Waals surface area contributed by atoms with Crippen LogP contribution in [0, 0.1) is 0 Å². The Morgan fingerprint density at radius 1 is 0.951 bits per heavy atom. The van der Waals surface area contributed by atoms with E-state index in [1.54, 1.807) is 24.3 Å². The summed E-state index contributed by atoms with van der Waals surface area (Å²) in [6.07, 6.45) is 5.92. The lowest BCUT2D eigenvalue weighted by molar-refractivity contribution is -0.0504. The van der Waals surface area contributed by atoms with Crippen LogP contribution in [0.2, 0.25) is 0 Å². The summed E-state index contributed by atoms with van der Waals surface area (Å²) in [6, 6.07) is 15.5. The monoisotopic (exact) mass is 562 g/mol. The maximum Gasteiger partial charge on any atom is 0.387 e. The van der Waals surface area contributed by atoms with E-state index in [2.05, 4.69) is 41.6 Å². The Bertz CT molecular complexity index is 1460. The third-order valence-electron chi connectivity index (χ3n) is 8.41. The largest absolute Gasteiger partial charge is 0.434 e. The minimum absolute atomic E-state index is 0.164. The summed E-state index contributed by atoms with van der Waals surface area (Å²) in [5.41, 5.74) is 10.3. The third-order valence-corrected chi connectivity index (χ3v) is 8.41. The van der Waals surface area contributed by atoms with Crippen LogP contribution in [0.4, 0.5) is 20.3 Å². The Morgan fingerprint density at radius 2 is 1.66 bits per heavy atom. The van der Waals surface area contributed by atoms with E-state index >= 15 is 0 Å². The number of alkyl halides is 2. The number of rotatable bonds is 8. The van der Waals surface area contributed by atoms with E-state index in [-0.39, 0.29) is 11.8 Å². The Hall–Kier alpha value is -3.83. The van der Waals surface area contributed by atoms with Gasteiger partial charge in [0.2, 0.25) is 0 Å². The normalized spacial score (nSPS) is 20.5. The van der Waals surface area contributed by atoms with E-state index in [0.29, 0.717) is 24.0 Å². The molecule has 0 amide bonds. The molecule has 0 unspecified atom stereocenters. The standard InChI is InChI=1S/C30H36F2N8O/c1-38-14-16-39(17-15-38)23-10-12-24(13-11-23)40-29-26(28(33)35-19-36-29)27(37-40)20-6-8-22(9-7-20)34-18-21-4-2-3-5-25(21)41-30(31)32/h2-9,19,23-24,30,34H,10-18H2,1H3,(H2,33,35,36)/t23-,24+. The zero-order valence-electron chi connectivity index (χ0n) is 23.2. The van der Waals surface area contributed by atoms with Crippen molar-refractivity contribution in [1.82, 2.24) is 29.5 Å². The molecule has 1 aliphatic heterocycles. The number of hydrogen-bond donors (Lipinski definition) is 2. The molecule has 0 bridgehead atoms. The van der Waals surface area contributed by atoms with Gasteiger partial charge in [-0.1, -0.05) is 30.3 Å². The van der Waals surface area contributed by atoms with Crippen molar-refractivity contribution in [3.05, 3.63) is 60.4 Å². The number of nitrogen functional groups attached to an aromatic ring is 1. The molecule has 0 radical (unpaired) electrons. The molecule has 3 N–H and O–H groups in total. The highest BCUT2D eigenvalue weighted by Gasteiger charge is 2.30. The second-order valence-electron chi connectivity index (χ2n) is 11.0. The van der Waals surface area contributed by atoms with Crippen molar-refractivity contribution >= 4 is 22.5 Å². The van der Waals surface area contributed by atoms with Crippen LogP contribution < -0.4 is 15.8 Å². The molecule has 1 saturated heterocycles. The quantitative estimate of drug-likeness (QED) is 0.309. The number of aromatic nitrogens is 4. The van der Waals surface area contributed by atoms with Crippen LogP contribution in [0.3, 0.4) is 0 Å². The van der Waals surface area contributed by atoms with Gasteiger partial charge in [-0.3, -0.25) is 4.90 Å². The van der Waals surface area contributed by atoms with Crippen LogP contribution in [0.5, 0.6) is 5.75 Å². The molecule has 1 aliphatic carbocycles. The number of nitrogens with one attached hydrogen (secondary N) is 1. The predicted molar refractivity (Wildman–Crippen MR) is 156 cm³/mol. The molecule has 2 fully saturated rings. The summed E-state index contributed by atoms with van der Waals surface area (Å²) in [5.74, 6) is 0.580. The van der Waals surface area contributed by atoms with Crippen LogP contribution in [-0.4, -0.2) is 75.4 Å². The number of benzene rings is 2. The molecule has 3 heterocycles. The van der Waals surface area contributed by atoms with Crippen LogP contribution in [-0.2, 0) is 6.54 Å². The smallest absolute Gasteiger partial charge is 0.387 e. The minimum Gasteiger partial charge on any atom is -0.434 e. The van der Waals surface area contributed by atoms with Gasteiger partial charge in [-0.25, -0.2) is 14.6 Å². The number of nitrogens with zero attached hydrogens (tertiary/aromatic N) is 6. The molecule has 0 spiro atoms. The Kier molecular flexibility index (Phi) is 7.97. The number of nitrogens with two attached hydrogens (primary N) is 1. The van der Waals surface area contributed by atoms with E-state index in [1.165, 1.54) is 6.33 Å². The minimum atomic E-state index is -2.87. The molecule has 2 aromatic heterocycles. The second kappa shape index (κ2) is 12.0. The summed E-state index contributed by atoms with van der Waals surface area (Å²) < 4.78 is 32.2. The Balaban J connectivity index is 1.18. The summed E-state index contributed by atoms with van der Waals surface area (Å²) in [6.45, 7) is 2.04. The molecular formula is C30H36F2N8O. The number of likely N-dealkylation sites (N-methyl/N-ethyl adjacent to an activating group) is 1. The molecule has 4 aromatic rings. The van der Waals surface area contributed by atoms with Crippen LogP contribution >= 0.6 is 0 Å². The fraction of sp³-hybridized carbons (Fsp3) is 0.433. The van der Waals surface area contributed by atoms with Gasteiger partial charge in [-0.15, -0.1) is 0 Å². The van der Waals surface area contributed by atoms with Crippen molar-refractivity contribution < 1.29 is 13.5 Å². The van der Waals surface area contributed by atoms with Crippen LogP contribution in [0.25, 0.3) is 22.3 Å². The Labute approximate surface area is 238 Å². The van der Waals surface area contributed by atoms with Crippen molar-refractivity contribution in [1.29, 1.82) is 0 Å². The first-order valence-electron chi connectivity index (χ1n) is 14.2. The zero-order chi connectivity index (χ0) is 28.3. The van der Waals surface area contributed by atoms with Gasteiger partial charge in [0.25, 0.3) is 0 Å². The van der Waals surface area contributed by atoms with Gasteiger partial charge in [-0.05, 0) is 50.9 Å². The van der Waals surface area contributed by atoms with Gasteiger partial charge in [0.15, 0.2) is 5.65 Å². The number of hydrogen-bond acceptors (Lipinski definition) is 8. The predicted octanol–water partition coefficient (Wildman–Crippen LogP) is 5.02. The maximum absolute atomic E-state index is 12.8. The topological polar surface area (TPSA) is 97.4 Å². The Morgan fingerprint density at radius 3 is 2.39 bits per heavy atom. The second-order valence-corrected chi connectivity index (χ2v) is 11.0. The van der Waals surface area contributed by atoms with Gasteiger partial charge in [0.1, 0.15) is 23.6 Å². The first kappa shape index (κ1) is 27.3. The lowest BCUT2D eigenvalue weighted by atomic mass is 9.90. The summed E-state index contributed by atoms with van der Waals surface area (Å²) in [4.78, 5) is 13.9. The van der Waals surface area contributed by atoms with Crippen molar-refractivity contribution in [3.8, 4) is 17.0 Å². The van der Waals surface area contributed by atoms with E-state index < -0.39 is 6.61 Å². The highest BCUT2D eigenvalue weighted by atomic mass is 19.3. The van der Waals surface area contributed by atoms with E-state index in [0.717, 1.165) is 79.8 Å². The number of anilines is 2. The van der Waals surface area contributed by atoms with Gasteiger partial charge >= 0.3 is 6.61 Å². The first-order valence-corrected chi connectivity index (χ1v) is 14.2. The fourth-order valence-electron chi connectivity index (χ4n) is 6.11. The molecule has 2 aromatic carbocycles. The molecule has 11 heteroatoms. The number of halogens is 2. The zero-order valence-corrected chi connectivity index (χ0v) is 23.2. The number of ether oxygens (including phenoxy) is 1. The van der Waals surface area contributed by atoms with E-state index in [9.17, 15) is 8.78 Å². The van der Waals surface area contributed by atoms with Crippen LogP contribution in [0.1, 0.15) is 37.3 Å². The lowest BCUT2D eigenvalue weighted by Crippen LogP contribution is -2.49. The van der Waals surface area contributed by atoms with Crippen molar-refractivity contribution in [2.45, 2.75) is 50.9 Å². The number of piperazine rings is 1. The summed E-state index contributed by atoms with van der Waals surface area (Å²) in [7, 11) is 2.20. The number of fused-ring (bicyclic) bond motifs is 1. The fourth-order valence-corrected chi connectivity index (χ4v) is 6.11. The molecule has 6 rings (SSSR count). The summed E-state index contributed by atoms with van der Waals surface area (Å²) in [5, 5.41) is 9.12. The van der Waals surface area contributed by atoms with Crippen molar-refractivity contribution in [3.63, 3.8) is 0 Å². The van der Waals surface area contributed by atoms with Crippen molar-refractivity contribution in [2.75, 3.05) is 44.3 Å². The lowest BCUT2D eigenvalue weighted by Gasteiger charge is -2.41. The van der Waals surface area contributed by atoms with Crippen molar-refractivity contribution in [2.24, 2.45) is 0 Å². The third kappa shape index (κ3) is 5.96. The average Bonchev–Trinajstić information content (AvgIpc) is 3.38.